The van der Waals surface area contributed by atoms with E-state index in [2.05, 4.69) is 10.3 Å². The van der Waals surface area contributed by atoms with E-state index in [1.54, 1.807) is 0 Å². The first-order valence-electron chi connectivity index (χ1n) is 5.46. The van der Waals surface area contributed by atoms with Gasteiger partial charge in [0.05, 0.1) is 0 Å². The van der Waals surface area contributed by atoms with E-state index in [1.807, 2.05) is 4.98 Å². The van der Waals surface area contributed by atoms with E-state index in [0.717, 1.165) is 6.20 Å². The summed E-state index contributed by atoms with van der Waals surface area (Å²) in [6, 6.07) is 0. The number of aromatic amines is 2. The lowest BCUT2D eigenvalue weighted by Gasteiger charge is -2.18. The summed E-state index contributed by atoms with van der Waals surface area (Å²) in [6.45, 7) is 0.943. The minimum atomic E-state index is -0.729. The zero-order chi connectivity index (χ0) is 13.1. The maximum Gasteiger partial charge on any atom is 0.325 e. The molecule has 2 amide bonds. The molecule has 1 aromatic heterocycles. The number of carbonyl (C=O) groups is 2. The maximum atomic E-state index is 12.0. The Balaban J connectivity index is 2.22. The van der Waals surface area contributed by atoms with Crippen molar-refractivity contribution >= 4 is 11.8 Å². The smallest absolute Gasteiger partial charge is 0.325 e. The summed E-state index contributed by atoms with van der Waals surface area (Å²) in [4.78, 5) is 51.1. The molecule has 1 fully saturated rings. The van der Waals surface area contributed by atoms with Gasteiger partial charge in [-0.05, 0) is 0 Å². The third-order valence-electron chi connectivity index (χ3n) is 2.65. The molecule has 0 aliphatic carbocycles. The summed E-state index contributed by atoms with van der Waals surface area (Å²) >= 11 is 0. The fourth-order valence-electron chi connectivity index (χ4n) is 1.71. The van der Waals surface area contributed by atoms with Crippen LogP contribution in [0.5, 0.6) is 0 Å². The van der Waals surface area contributed by atoms with Crippen LogP contribution in [0.4, 0.5) is 0 Å². The van der Waals surface area contributed by atoms with Crippen molar-refractivity contribution < 1.29 is 9.59 Å². The molecule has 1 aromatic rings. The average molecular weight is 252 g/mol. The van der Waals surface area contributed by atoms with Crippen LogP contribution < -0.4 is 16.6 Å². The Hall–Kier alpha value is -2.38. The second kappa shape index (κ2) is 4.86. The fraction of sp³-hybridized carbons (Fsp3) is 0.400. The van der Waals surface area contributed by atoms with Gasteiger partial charge in [0.1, 0.15) is 5.56 Å². The standard InChI is InChI=1S/C10H12N4O4/c15-7-1-3-14(4-2-11-7)9(17)6-5-12-10(18)13-8(6)16/h5H,1-4H2,(H,11,15)(H2,12,13,16,18). The van der Waals surface area contributed by atoms with Crippen LogP contribution in [-0.2, 0) is 4.79 Å². The van der Waals surface area contributed by atoms with E-state index in [0.29, 0.717) is 13.1 Å². The quantitative estimate of drug-likeness (QED) is 0.537. The van der Waals surface area contributed by atoms with Gasteiger partial charge in [-0.3, -0.25) is 19.4 Å². The summed E-state index contributed by atoms with van der Waals surface area (Å²) < 4.78 is 0. The number of nitrogens with one attached hydrogen (secondary N) is 3. The third kappa shape index (κ3) is 2.47. The zero-order valence-electron chi connectivity index (χ0n) is 9.49. The van der Waals surface area contributed by atoms with Crippen LogP contribution in [0.2, 0.25) is 0 Å². The van der Waals surface area contributed by atoms with E-state index >= 15 is 0 Å². The van der Waals surface area contributed by atoms with Gasteiger partial charge in [-0.1, -0.05) is 0 Å². The molecule has 2 rings (SSSR count). The average Bonchev–Trinajstić information content (AvgIpc) is 2.53. The predicted molar refractivity (Wildman–Crippen MR) is 61.2 cm³/mol. The number of nitrogens with zero attached hydrogens (tertiary/aromatic N) is 1. The zero-order valence-corrected chi connectivity index (χ0v) is 9.49. The van der Waals surface area contributed by atoms with Crippen molar-refractivity contribution in [2.75, 3.05) is 19.6 Å². The highest BCUT2D eigenvalue weighted by molar-refractivity contribution is 5.94. The van der Waals surface area contributed by atoms with Crippen LogP contribution in [0.1, 0.15) is 16.8 Å². The molecule has 1 aliphatic rings. The summed E-state index contributed by atoms with van der Waals surface area (Å²) in [5.74, 6) is -0.621. The van der Waals surface area contributed by atoms with E-state index in [-0.39, 0.29) is 24.4 Å². The van der Waals surface area contributed by atoms with Crippen LogP contribution >= 0.6 is 0 Å². The Morgan fingerprint density at radius 1 is 1.22 bits per heavy atom. The first kappa shape index (κ1) is 12.1. The predicted octanol–water partition coefficient (Wildman–Crippen LogP) is -1.97. The van der Waals surface area contributed by atoms with Gasteiger partial charge in [0.15, 0.2) is 0 Å². The Bertz CT molecular complexity index is 588. The van der Waals surface area contributed by atoms with Crippen molar-refractivity contribution in [2.45, 2.75) is 6.42 Å². The molecule has 1 saturated heterocycles. The number of H-pyrrole nitrogens is 2. The number of hydrogen-bond donors (Lipinski definition) is 3. The normalized spacial score (nSPS) is 16.0. The first-order chi connectivity index (χ1) is 8.58. The molecule has 8 nitrogen and oxygen atoms in total. The van der Waals surface area contributed by atoms with E-state index < -0.39 is 17.2 Å². The molecule has 1 aliphatic heterocycles. The maximum absolute atomic E-state index is 12.0. The monoisotopic (exact) mass is 252 g/mol. The van der Waals surface area contributed by atoms with Crippen LogP contribution in [0.25, 0.3) is 0 Å². The Morgan fingerprint density at radius 3 is 2.72 bits per heavy atom. The first-order valence-corrected chi connectivity index (χ1v) is 5.46. The van der Waals surface area contributed by atoms with Gasteiger partial charge in [0, 0.05) is 32.3 Å². The summed E-state index contributed by atoms with van der Waals surface area (Å²) in [5.41, 5.74) is -1.53. The molecule has 0 unspecified atom stereocenters. The molecule has 0 aromatic carbocycles. The van der Waals surface area contributed by atoms with E-state index in [4.69, 9.17) is 0 Å². The Labute approximate surface area is 101 Å². The van der Waals surface area contributed by atoms with Gasteiger partial charge in [-0.2, -0.15) is 0 Å². The Morgan fingerprint density at radius 2 is 2.00 bits per heavy atom. The molecule has 0 radical (unpaired) electrons. The van der Waals surface area contributed by atoms with Gasteiger partial charge in [0.2, 0.25) is 5.91 Å². The molecule has 0 bridgehead atoms. The molecule has 18 heavy (non-hydrogen) atoms. The van der Waals surface area contributed by atoms with Gasteiger partial charge in [0.25, 0.3) is 11.5 Å². The lowest BCUT2D eigenvalue weighted by molar-refractivity contribution is -0.120. The Kier molecular flexibility index (Phi) is 3.26. The van der Waals surface area contributed by atoms with Crippen molar-refractivity contribution in [3.63, 3.8) is 0 Å². The molecule has 0 atom stereocenters. The molecule has 0 saturated carbocycles. The SMILES string of the molecule is O=C1CCN(C(=O)c2c[nH]c(=O)[nH]c2=O)CCN1. The van der Waals surface area contributed by atoms with E-state index in [9.17, 15) is 19.2 Å². The fourth-order valence-corrected chi connectivity index (χ4v) is 1.71. The molecular weight excluding hydrogens is 240 g/mol. The van der Waals surface area contributed by atoms with Crippen LogP contribution in [0.15, 0.2) is 15.8 Å². The highest BCUT2D eigenvalue weighted by Gasteiger charge is 2.21. The van der Waals surface area contributed by atoms with Gasteiger partial charge >= 0.3 is 5.69 Å². The second-order valence-corrected chi connectivity index (χ2v) is 3.88. The molecule has 96 valence electrons. The molecule has 3 N–H and O–H groups in total. The topological polar surface area (TPSA) is 115 Å². The number of hydrogen-bond acceptors (Lipinski definition) is 4. The summed E-state index contributed by atoms with van der Waals surface area (Å²) in [7, 11) is 0. The molecular formula is C10H12N4O4. The van der Waals surface area contributed by atoms with Gasteiger partial charge in [-0.15, -0.1) is 0 Å². The number of amides is 2. The number of carbonyl (C=O) groups excluding carboxylic acids is 2. The molecule has 2 heterocycles. The lowest BCUT2D eigenvalue weighted by atomic mass is 10.2. The van der Waals surface area contributed by atoms with Crippen molar-refractivity contribution in [1.29, 1.82) is 0 Å². The van der Waals surface area contributed by atoms with Crippen LogP contribution in [-0.4, -0.2) is 46.3 Å². The molecule has 0 spiro atoms. The van der Waals surface area contributed by atoms with Crippen molar-refractivity contribution in [2.24, 2.45) is 0 Å². The molecule has 8 heteroatoms. The lowest BCUT2D eigenvalue weighted by Crippen LogP contribution is -2.38. The van der Waals surface area contributed by atoms with Crippen LogP contribution in [0, 0.1) is 0 Å². The van der Waals surface area contributed by atoms with E-state index in [1.165, 1.54) is 4.90 Å². The highest BCUT2D eigenvalue weighted by atomic mass is 16.2. The summed E-state index contributed by atoms with van der Waals surface area (Å²) in [6.07, 6.45) is 1.29. The number of rotatable bonds is 1. The van der Waals surface area contributed by atoms with Crippen molar-refractivity contribution in [1.82, 2.24) is 20.2 Å². The van der Waals surface area contributed by atoms with Gasteiger partial charge in [-0.25, -0.2) is 4.79 Å². The second-order valence-electron chi connectivity index (χ2n) is 3.88. The third-order valence-corrected chi connectivity index (χ3v) is 2.65. The van der Waals surface area contributed by atoms with Crippen LogP contribution in [0.3, 0.4) is 0 Å². The minimum Gasteiger partial charge on any atom is -0.354 e. The highest BCUT2D eigenvalue weighted by Crippen LogP contribution is 2.01. The van der Waals surface area contributed by atoms with Crippen molar-refractivity contribution in [3.05, 3.63) is 32.6 Å². The largest absolute Gasteiger partial charge is 0.354 e. The van der Waals surface area contributed by atoms with Crippen molar-refractivity contribution in [3.8, 4) is 0 Å². The number of aromatic nitrogens is 2. The minimum absolute atomic E-state index is 0.124. The summed E-state index contributed by atoms with van der Waals surface area (Å²) in [5, 5.41) is 2.63. The van der Waals surface area contributed by atoms with Gasteiger partial charge < -0.3 is 15.2 Å².